The van der Waals surface area contributed by atoms with Crippen LogP contribution in [0, 0.1) is 23.2 Å². The van der Waals surface area contributed by atoms with Crippen molar-refractivity contribution in [2.24, 2.45) is 11.8 Å². The smallest absolute Gasteiger partial charge is 0.223 e. The molecular formula is C22H29N3O. The number of rotatable bonds is 4. The highest BCUT2D eigenvalue weighted by Gasteiger charge is 2.48. The van der Waals surface area contributed by atoms with E-state index in [-0.39, 0.29) is 0 Å². The average molecular weight is 351 g/mol. The van der Waals surface area contributed by atoms with Gasteiger partial charge in [0.2, 0.25) is 5.91 Å². The van der Waals surface area contributed by atoms with Crippen molar-refractivity contribution in [3.63, 3.8) is 0 Å². The lowest BCUT2D eigenvalue weighted by Crippen LogP contribution is -2.64. The second-order valence-electron chi connectivity index (χ2n) is 8.34. The molecule has 3 fully saturated rings. The fourth-order valence-corrected chi connectivity index (χ4v) is 5.68. The lowest BCUT2D eigenvalue weighted by Gasteiger charge is -2.57. The maximum Gasteiger partial charge on any atom is 0.223 e. The average Bonchev–Trinajstić information content (AvgIpc) is 2.66. The molecule has 4 rings (SSSR count). The van der Waals surface area contributed by atoms with Gasteiger partial charge >= 0.3 is 0 Å². The monoisotopic (exact) mass is 351 g/mol. The summed E-state index contributed by atoms with van der Waals surface area (Å²) >= 11 is 0. The number of benzene rings is 1. The minimum atomic E-state index is 0.401. The van der Waals surface area contributed by atoms with E-state index in [2.05, 4.69) is 28.9 Å². The Kier molecular flexibility index (Phi) is 5.00. The zero-order valence-electron chi connectivity index (χ0n) is 15.7. The SMILES string of the molecule is CCC[C@H]1[C@H]2C[C@H](CN(Cc3ccccc3C#N)C2)[C@@H]2CCCC(=O)N21. The molecule has 2 bridgehead atoms. The maximum absolute atomic E-state index is 12.7. The van der Waals surface area contributed by atoms with Crippen molar-refractivity contribution in [3.8, 4) is 6.07 Å². The minimum Gasteiger partial charge on any atom is -0.336 e. The predicted octanol–water partition coefficient (Wildman–Crippen LogP) is 3.56. The molecule has 4 heteroatoms. The predicted molar refractivity (Wildman–Crippen MR) is 101 cm³/mol. The van der Waals surface area contributed by atoms with Gasteiger partial charge < -0.3 is 4.90 Å². The molecule has 3 aliphatic rings. The van der Waals surface area contributed by atoms with Gasteiger partial charge in [-0.15, -0.1) is 0 Å². The van der Waals surface area contributed by atoms with Crippen LogP contribution in [0.25, 0.3) is 0 Å². The lowest BCUT2D eigenvalue weighted by molar-refractivity contribution is -0.153. The van der Waals surface area contributed by atoms with Gasteiger partial charge in [-0.3, -0.25) is 9.69 Å². The van der Waals surface area contributed by atoms with Gasteiger partial charge in [0.1, 0.15) is 0 Å². The number of likely N-dealkylation sites (tertiary alicyclic amines) is 1. The number of nitriles is 1. The molecular weight excluding hydrogens is 322 g/mol. The number of fused-ring (bicyclic) bond motifs is 4. The third-order valence-electron chi connectivity index (χ3n) is 6.69. The molecule has 1 aromatic carbocycles. The molecule has 3 heterocycles. The second-order valence-corrected chi connectivity index (χ2v) is 8.34. The van der Waals surface area contributed by atoms with E-state index in [0.29, 0.717) is 29.8 Å². The number of amides is 1. The van der Waals surface area contributed by atoms with Gasteiger partial charge in [-0.2, -0.15) is 5.26 Å². The molecule has 0 unspecified atom stereocenters. The zero-order valence-corrected chi connectivity index (χ0v) is 15.7. The van der Waals surface area contributed by atoms with Gasteiger partial charge in [-0.1, -0.05) is 31.5 Å². The highest BCUT2D eigenvalue weighted by Crippen LogP contribution is 2.43. The summed E-state index contributed by atoms with van der Waals surface area (Å²) in [5, 5.41) is 9.39. The molecule has 4 atom stereocenters. The van der Waals surface area contributed by atoms with Gasteiger partial charge in [-0.05, 0) is 49.1 Å². The largest absolute Gasteiger partial charge is 0.336 e. The van der Waals surface area contributed by atoms with Crippen LogP contribution in [0.4, 0.5) is 0 Å². The van der Waals surface area contributed by atoms with Gasteiger partial charge in [-0.25, -0.2) is 0 Å². The second kappa shape index (κ2) is 7.40. The molecule has 26 heavy (non-hydrogen) atoms. The Morgan fingerprint density at radius 1 is 1.23 bits per heavy atom. The van der Waals surface area contributed by atoms with Crippen LogP contribution < -0.4 is 0 Å². The van der Waals surface area contributed by atoms with E-state index in [1.807, 2.05) is 18.2 Å². The van der Waals surface area contributed by atoms with Gasteiger partial charge in [0.25, 0.3) is 0 Å². The standard InChI is InChI=1S/C22H29N3O/c1-2-6-20-18-11-19(21-9-5-10-22(26)25(20)21)15-24(14-18)13-17-8-4-3-7-16(17)12-23/h3-4,7-8,18-21H,2,5-6,9-11,13-15H2,1H3/t18-,19+,20-,21-/m0/s1. The summed E-state index contributed by atoms with van der Waals surface area (Å²) in [5.74, 6) is 1.58. The molecule has 0 aromatic heterocycles. The fourth-order valence-electron chi connectivity index (χ4n) is 5.68. The Morgan fingerprint density at radius 3 is 2.85 bits per heavy atom. The molecule has 0 aliphatic carbocycles. The third-order valence-corrected chi connectivity index (χ3v) is 6.69. The normalized spacial score (nSPS) is 31.4. The van der Waals surface area contributed by atoms with Crippen molar-refractivity contribution in [3.05, 3.63) is 35.4 Å². The number of carbonyl (C=O) groups is 1. The summed E-state index contributed by atoms with van der Waals surface area (Å²) in [7, 11) is 0. The molecule has 138 valence electrons. The maximum atomic E-state index is 12.7. The number of piperidine rings is 3. The summed E-state index contributed by atoms with van der Waals surface area (Å²) in [6.07, 6.45) is 6.51. The van der Waals surface area contributed by atoms with Crippen molar-refractivity contribution in [1.82, 2.24) is 9.80 Å². The summed E-state index contributed by atoms with van der Waals surface area (Å²) in [5.41, 5.74) is 1.93. The summed E-state index contributed by atoms with van der Waals surface area (Å²) in [6, 6.07) is 11.2. The highest BCUT2D eigenvalue weighted by molar-refractivity contribution is 5.78. The topological polar surface area (TPSA) is 47.3 Å². The zero-order chi connectivity index (χ0) is 18.1. The first-order valence-electron chi connectivity index (χ1n) is 10.2. The Balaban J connectivity index is 1.56. The van der Waals surface area contributed by atoms with Crippen LogP contribution in [0.1, 0.15) is 56.6 Å². The van der Waals surface area contributed by atoms with Crippen LogP contribution in [-0.4, -0.2) is 40.9 Å². The first-order valence-corrected chi connectivity index (χ1v) is 10.2. The third kappa shape index (κ3) is 3.14. The molecule has 3 aliphatic heterocycles. The molecule has 0 N–H and O–H groups in total. The Labute approximate surface area is 156 Å². The van der Waals surface area contributed by atoms with Crippen LogP contribution in [0.15, 0.2) is 24.3 Å². The Morgan fingerprint density at radius 2 is 2.04 bits per heavy atom. The summed E-state index contributed by atoms with van der Waals surface area (Å²) in [6.45, 7) is 5.20. The van der Waals surface area contributed by atoms with Crippen molar-refractivity contribution < 1.29 is 4.79 Å². The fraction of sp³-hybridized carbons (Fsp3) is 0.636. The van der Waals surface area contributed by atoms with E-state index < -0.39 is 0 Å². The van der Waals surface area contributed by atoms with Crippen LogP contribution in [0.2, 0.25) is 0 Å². The van der Waals surface area contributed by atoms with Crippen molar-refractivity contribution >= 4 is 5.91 Å². The van der Waals surface area contributed by atoms with Crippen molar-refractivity contribution in [2.45, 2.75) is 64.1 Å². The number of hydrogen-bond donors (Lipinski definition) is 0. The lowest BCUT2D eigenvalue weighted by atomic mass is 9.71. The first kappa shape index (κ1) is 17.5. The minimum absolute atomic E-state index is 0.401. The molecule has 1 amide bonds. The first-order chi connectivity index (χ1) is 12.7. The van der Waals surface area contributed by atoms with Crippen LogP contribution in [0.5, 0.6) is 0 Å². The number of nitrogens with zero attached hydrogens (tertiary/aromatic N) is 3. The molecule has 1 aromatic rings. The Hall–Kier alpha value is -1.86. The van der Waals surface area contributed by atoms with Crippen LogP contribution in [-0.2, 0) is 11.3 Å². The van der Waals surface area contributed by atoms with E-state index in [1.54, 1.807) is 0 Å². The highest BCUT2D eigenvalue weighted by atomic mass is 16.2. The van der Waals surface area contributed by atoms with Gasteiger partial charge in [0.05, 0.1) is 11.6 Å². The molecule has 4 nitrogen and oxygen atoms in total. The van der Waals surface area contributed by atoms with E-state index in [4.69, 9.17) is 0 Å². The van der Waals surface area contributed by atoms with E-state index in [0.717, 1.165) is 56.4 Å². The van der Waals surface area contributed by atoms with Crippen molar-refractivity contribution in [1.29, 1.82) is 5.26 Å². The van der Waals surface area contributed by atoms with Crippen LogP contribution >= 0.6 is 0 Å². The van der Waals surface area contributed by atoms with Crippen molar-refractivity contribution in [2.75, 3.05) is 13.1 Å². The summed E-state index contributed by atoms with van der Waals surface area (Å²) < 4.78 is 0. The van der Waals surface area contributed by atoms with E-state index in [1.165, 1.54) is 12.8 Å². The van der Waals surface area contributed by atoms with Gasteiger partial charge in [0, 0.05) is 38.1 Å². The molecule has 3 saturated heterocycles. The van der Waals surface area contributed by atoms with E-state index in [9.17, 15) is 10.1 Å². The van der Waals surface area contributed by atoms with Gasteiger partial charge in [0.15, 0.2) is 0 Å². The molecule has 0 spiro atoms. The number of hydrogen-bond acceptors (Lipinski definition) is 3. The number of carbonyl (C=O) groups excluding carboxylic acids is 1. The van der Waals surface area contributed by atoms with E-state index >= 15 is 0 Å². The molecule has 0 saturated carbocycles. The van der Waals surface area contributed by atoms with Crippen LogP contribution in [0.3, 0.4) is 0 Å². The quantitative estimate of drug-likeness (QED) is 0.833. The summed E-state index contributed by atoms with van der Waals surface area (Å²) in [4.78, 5) is 17.5. The molecule has 0 radical (unpaired) electrons. The Bertz CT molecular complexity index is 710.